The molecule has 0 saturated heterocycles. The Morgan fingerprint density at radius 2 is 2.20 bits per heavy atom. The van der Waals surface area contributed by atoms with Crippen molar-refractivity contribution in [2.75, 3.05) is 16.8 Å². The summed E-state index contributed by atoms with van der Waals surface area (Å²) >= 11 is 4.41. The summed E-state index contributed by atoms with van der Waals surface area (Å²) in [5, 5.41) is 12.1. The number of amides is 1. The second kappa shape index (κ2) is 7.88. The number of hydrogen-bond donors (Lipinski definition) is 1. The van der Waals surface area contributed by atoms with Crippen LogP contribution in [-0.2, 0) is 17.8 Å². The van der Waals surface area contributed by atoms with Gasteiger partial charge < -0.3 is 5.32 Å². The van der Waals surface area contributed by atoms with Crippen LogP contribution >= 0.6 is 34.9 Å². The summed E-state index contributed by atoms with van der Waals surface area (Å²) < 4.78 is 2.47. The van der Waals surface area contributed by atoms with Gasteiger partial charge in [0.15, 0.2) is 9.50 Å². The number of thioether (sulfide) groups is 2. The summed E-state index contributed by atoms with van der Waals surface area (Å²) in [5.74, 6) is 1.08. The van der Waals surface area contributed by atoms with Gasteiger partial charge in [0.25, 0.3) is 5.56 Å². The first-order chi connectivity index (χ1) is 12.0. The monoisotopic (exact) mass is 397 g/mol. The molecule has 3 heterocycles. The number of hydrogen-bond acceptors (Lipinski definition) is 8. The fourth-order valence-electron chi connectivity index (χ4n) is 2.61. The van der Waals surface area contributed by atoms with Crippen molar-refractivity contribution < 1.29 is 4.79 Å². The fraction of sp³-hybridized carbons (Fsp3) is 0.533. The van der Waals surface area contributed by atoms with Crippen molar-refractivity contribution in [3.8, 4) is 0 Å². The molecule has 2 aromatic rings. The Balaban J connectivity index is 1.75. The quantitative estimate of drug-likeness (QED) is 0.471. The lowest BCUT2D eigenvalue weighted by molar-refractivity contribution is -0.119. The van der Waals surface area contributed by atoms with E-state index in [2.05, 4.69) is 20.5 Å². The molecular formula is C15H19N5O2S3. The summed E-state index contributed by atoms with van der Waals surface area (Å²) in [7, 11) is 0. The number of aryl methyl sites for hydroxylation is 1. The highest BCUT2D eigenvalue weighted by atomic mass is 32.2. The van der Waals surface area contributed by atoms with Gasteiger partial charge in [-0.2, -0.15) is 0 Å². The summed E-state index contributed by atoms with van der Waals surface area (Å²) in [5.41, 5.74) is 1.47. The highest BCUT2D eigenvalue weighted by Gasteiger charge is 2.28. The van der Waals surface area contributed by atoms with Crippen LogP contribution in [0.1, 0.15) is 25.1 Å². The first kappa shape index (κ1) is 18.4. The van der Waals surface area contributed by atoms with E-state index in [9.17, 15) is 9.59 Å². The number of aromatic nitrogens is 4. The fourth-order valence-corrected chi connectivity index (χ4v) is 5.38. The zero-order valence-corrected chi connectivity index (χ0v) is 16.7. The van der Waals surface area contributed by atoms with Crippen LogP contribution in [0.2, 0.25) is 0 Å². The molecule has 0 radical (unpaired) electrons. The number of carbonyl (C=O) groups excluding carboxylic acids is 1. The smallest absolute Gasteiger partial charge is 0.257 e. The zero-order valence-electron chi connectivity index (χ0n) is 14.2. The second-order valence-corrected chi connectivity index (χ2v) is 9.01. The predicted molar refractivity (Wildman–Crippen MR) is 102 cm³/mol. The number of fused-ring (bicyclic) bond motifs is 1. The molecule has 134 valence electrons. The van der Waals surface area contributed by atoms with Crippen molar-refractivity contribution >= 4 is 45.9 Å². The molecule has 0 aromatic carbocycles. The molecule has 7 nitrogen and oxygen atoms in total. The van der Waals surface area contributed by atoms with E-state index in [1.54, 1.807) is 16.3 Å². The minimum Gasteiger partial charge on any atom is -0.300 e. The summed E-state index contributed by atoms with van der Waals surface area (Å²) in [6, 6.07) is 0. The highest BCUT2D eigenvalue weighted by molar-refractivity contribution is 8.01. The minimum absolute atomic E-state index is 0.0347. The number of carbonyl (C=O) groups is 1. The lowest BCUT2D eigenvalue weighted by Crippen LogP contribution is -2.38. The highest BCUT2D eigenvalue weighted by Crippen LogP contribution is 2.28. The van der Waals surface area contributed by atoms with Gasteiger partial charge in [-0.3, -0.25) is 14.2 Å². The number of nitrogens with one attached hydrogen (secondary N) is 1. The van der Waals surface area contributed by atoms with Crippen LogP contribution in [0.25, 0.3) is 0 Å². The van der Waals surface area contributed by atoms with Crippen LogP contribution in [0.4, 0.5) is 5.13 Å². The third-order valence-electron chi connectivity index (χ3n) is 3.88. The van der Waals surface area contributed by atoms with Crippen molar-refractivity contribution in [3.63, 3.8) is 0 Å². The average molecular weight is 398 g/mol. The SMILES string of the molecule is CCSc1nnc(NC(=O)[C@@H]2CSc3nc(C)c(CC)c(=O)n3C2)s1. The standard InChI is InChI=1S/C15H19N5O2S3/c1-4-10-8(3)16-14-20(12(10)22)6-9(7-24-14)11(21)17-13-18-19-15(25-13)23-5-2/h9H,4-7H2,1-3H3,(H,17,18,21)/t9-/m0/s1. The maximum absolute atomic E-state index is 12.6. The van der Waals surface area contributed by atoms with E-state index in [1.165, 1.54) is 23.1 Å². The zero-order chi connectivity index (χ0) is 18.0. The summed E-state index contributed by atoms with van der Waals surface area (Å²) in [4.78, 5) is 29.7. The molecular weight excluding hydrogens is 378 g/mol. The summed E-state index contributed by atoms with van der Waals surface area (Å²) in [6.07, 6.45) is 0.641. The maximum Gasteiger partial charge on any atom is 0.257 e. The van der Waals surface area contributed by atoms with E-state index in [-0.39, 0.29) is 17.4 Å². The normalized spacial score (nSPS) is 16.5. The van der Waals surface area contributed by atoms with Gasteiger partial charge >= 0.3 is 0 Å². The molecule has 0 fully saturated rings. The van der Waals surface area contributed by atoms with Gasteiger partial charge in [0, 0.05) is 23.6 Å². The van der Waals surface area contributed by atoms with Crippen LogP contribution in [0.15, 0.2) is 14.3 Å². The van der Waals surface area contributed by atoms with Crippen molar-refractivity contribution in [3.05, 3.63) is 21.6 Å². The molecule has 1 atom stereocenters. The molecule has 10 heteroatoms. The molecule has 25 heavy (non-hydrogen) atoms. The predicted octanol–water partition coefficient (Wildman–Crippen LogP) is 2.44. The van der Waals surface area contributed by atoms with E-state index in [0.717, 1.165) is 21.3 Å². The Morgan fingerprint density at radius 1 is 1.40 bits per heavy atom. The van der Waals surface area contributed by atoms with Crippen LogP contribution in [-0.4, -0.2) is 37.2 Å². The van der Waals surface area contributed by atoms with E-state index in [4.69, 9.17) is 0 Å². The molecule has 1 N–H and O–H groups in total. The average Bonchev–Trinajstić information content (AvgIpc) is 3.02. The van der Waals surface area contributed by atoms with Crippen molar-refractivity contribution in [2.24, 2.45) is 5.92 Å². The topological polar surface area (TPSA) is 89.8 Å². The first-order valence-corrected chi connectivity index (χ1v) is 10.8. The van der Waals surface area contributed by atoms with Crippen molar-refractivity contribution in [1.29, 1.82) is 0 Å². The Morgan fingerprint density at radius 3 is 2.92 bits per heavy atom. The molecule has 0 unspecified atom stereocenters. The Hall–Kier alpha value is -1.39. The van der Waals surface area contributed by atoms with Gasteiger partial charge in [-0.1, -0.05) is 48.7 Å². The van der Waals surface area contributed by atoms with Crippen LogP contribution in [0.5, 0.6) is 0 Å². The molecule has 0 spiro atoms. The molecule has 0 saturated carbocycles. The van der Waals surface area contributed by atoms with Gasteiger partial charge in [-0.25, -0.2) is 4.98 Å². The molecule has 1 aliphatic heterocycles. The van der Waals surface area contributed by atoms with Crippen LogP contribution in [0, 0.1) is 12.8 Å². The van der Waals surface area contributed by atoms with Crippen molar-refractivity contribution in [2.45, 2.75) is 43.2 Å². The maximum atomic E-state index is 12.6. The second-order valence-electron chi connectivity index (χ2n) is 5.53. The van der Waals surface area contributed by atoms with E-state index in [1.807, 2.05) is 20.8 Å². The third kappa shape index (κ3) is 3.90. The molecule has 1 amide bonds. The number of nitrogens with zero attached hydrogens (tertiary/aromatic N) is 4. The lowest BCUT2D eigenvalue weighted by Gasteiger charge is -2.24. The van der Waals surface area contributed by atoms with Gasteiger partial charge in [0.1, 0.15) is 0 Å². The molecule has 3 rings (SSSR count). The van der Waals surface area contributed by atoms with Crippen LogP contribution in [0.3, 0.4) is 0 Å². The molecule has 0 bridgehead atoms. The van der Waals surface area contributed by atoms with E-state index >= 15 is 0 Å². The minimum atomic E-state index is -0.296. The van der Waals surface area contributed by atoms with E-state index in [0.29, 0.717) is 29.0 Å². The molecule has 0 aliphatic carbocycles. The Bertz CT molecular complexity index is 848. The van der Waals surface area contributed by atoms with Gasteiger partial charge in [-0.05, 0) is 19.1 Å². The van der Waals surface area contributed by atoms with Gasteiger partial charge in [-0.15, -0.1) is 10.2 Å². The lowest BCUT2D eigenvalue weighted by atomic mass is 10.1. The Labute approximate surface area is 158 Å². The van der Waals surface area contributed by atoms with Gasteiger partial charge in [0.2, 0.25) is 11.0 Å². The summed E-state index contributed by atoms with van der Waals surface area (Å²) in [6.45, 7) is 6.20. The third-order valence-corrected chi connectivity index (χ3v) is 6.87. The van der Waals surface area contributed by atoms with Crippen LogP contribution < -0.4 is 10.9 Å². The Kier molecular flexibility index (Phi) is 5.80. The van der Waals surface area contributed by atoms with Gasteiger partial charge in [0.05, 0.1) is 5.92 Å². The first-order valence-electron chi connectivity index (χ1n) is 8.03. The van der Waals surface area contributed by atoms with E-state index < -0.39 is 0 Å². The largest absolute Gasteiger partial charge is 0.300 e. The molecule has 1 aliphatic rings. The van der Waals surface area contributed by atoms with Crippen molar-refractivity contribution in [1.82, 2.24) is 19.7 Å². The number of rotatable bonds is 5. The molecule has 2 aromatic heterocycles. The number of anilines is 1.